The molecule has 1 aliphatic heterocycles. The molecule has 122 valence electrons. The molecule has 0 saturated carbocycles. The average Bonchev–Trinajstić information content (AvgIpc) is 2.56. The predicted octanol–water partition coefficient (Wildman–Crippen LogP) is 2.67. The summed E-state index contributed by atoms with van der Waals surface area (Å²) in [6.07, 6.45) is 3.28. The van der Waals surface area contributed by atoms with Gasteiger partial charge in [0.2, 0.25) is 5.91 Å². The molecule has 23 heavy (non-hydrogen) atoms. The third kappa shape index (κ3) is 2.83. The first-order chi connectivity index (χ1) is 11.0. The number of carbonyl (C=O) groups is 1. The maximum Gasteiger partial charge on any atom is 0.340 e. The number of phenols is 1. The zero-order valence-corrected chi connectivity index (χ0v) is 13.5. The number of hydrogen-bond donors (Lipinski definition) is 1. The fourth-order valence-electron chi connectivity index (χ4n) is 3.19. The van der Waals surface area contributed by atoms with Crippen molar-refractivity contribution >= 4 is 16.9 Å². The Hall–Kier alpha value is -2.30. The third-order valence-corrected chi connectivity index (χ3v) is 4.71. The Kier molecular flexibility index (Phi) is 4.11. The van der Waals surface area contributed by atoms with E-state index in [-0.39, 0.29) is 18.1 Å². The highest BCUT2D eigenvalue weighted by Gasteiger charge is 2.21. The van der Waals surface area contributed by atoms with Gasteiger partial charge in [-0.25, -0.2) is 4.79 Å². The van der Waals surface area contributed by atoms with Gasteiger partial charge in [-0.2, -0.15) is 0 Å². The lowest BCUT2D eigenvalue weighted by Crippen LogP contribution is -2.37. The molecule has 1 saturated heterocycles. The Morgan fingerprint density at radius 2 is 1.87 bits per heavy atom. The summed E-state index contributed by atoms with van der Waals surface area (Å²) in [6.45, 7) is 5.07. The number of benzene rings is 1. The van der Waals surface area contributed by atoms with Crippen LogP contribution in [0.1, 0.15) is 36.0 Å². The second kappa shape index (κ2) is 6.07. The highest BCUT2D eigenvalue weighted by molar-refractivity contribution is 5.87. The second-order valence-corrected chi connectivity index (χ2v) is 6.20. The molecule has 0 atom stereocenters. The van der Waals surface area contributed by atoms with Crippen LogP contribution in [0.25, 0.3) is 11.0 Å². The molecule has 1 aliphatic rings. The van der Waals surface area contributed by atoms with Gasteiger partial charge in [-0.3, -0.25) is 4.79 Å². The largest absolute Gasteiger partial charge is 0.508 e. The van der Waals surface area contributed by atoms with Gasteiger partial charge in [0.15, 0.2) is 0 Å². The van der Waals surface area contributed by atoms with E-state index in [1.807, 2.05) is 11.8 Å². The highest BCUT2D eigenvalue weighted by atomic mass is 16.4. The molecule has 1 aromatic heterocycles. The van der Waals surface area contributed by atoms with Crippen LogP contribution >= 0.6 is 0 Å². The number of phenolic OH excluding ortho intramolecular Hbond substituents is 1. The fraction of sp³-hybridized carbons (Fsp3) is 0.444. The van der Waals surface area contributed by atoms with Crippen LogP contribution in [0.5, 0.6) is 5.75 Å². The molecule has 3 rings (SSSR count). The summed E-state index contributed by atoms with van der Waals surface area (Å²) in [4.78, 5) is 26.6. The van der Waals surface area contributed by atoms with Gasteiger partial charge in [0.25, 0.3) is 0 Å². The Balaban J connectivity index is 1.99. The van der Waals surface area contributed by atoms with E-state index in [0.717, 1.165) is 43.3 Å². The minimum absolute atomic E-state index is 0.0186. The number of piperidine rings is 1. The number of likely N-dealkylation sites (tertiary alicyclic amines) is 1. The lowest BCUT2D eigenvalue weighted by Gasteiger charge is -2.26. The molecule has 5 nitrogen and oxygen atoms in total. The maximum absolute atomic E-state index is 12.4. The summed E-state index contributed by atoms with van der Waals surface area (Å²) in [7, 11) is 0. The summed E-state index contributed by atoms with van der Waals surface area (Å²) in [5.74, 6) is 0.0761. The molecule has 0 bridgehead atoms. The molecule has 2 aromatic rings. The minimum Gasteiger partial charge on any atom is -0.508 e. The van der Waals surface area contributed by atoms with Crippen molar-refractivity contribution < 1.29 is 14.3 Å². The monoisotopic (exact) mass is 315 g/mol. The topological polar surface area (TPSA) is 70.8 Å². The molecule has 0 radical (unpaired) electrons. The first kappa shape index (κ1) is 15.6. The molecule has 0 spiro atoms. The quantitative estimate of drug-likeness (QED) is 0.865. The second-order valence-electron chi connectivity index (χ2n) is 6.20. The zero-order valence-electron chi connectivity index (χ0n) is 13.5. The zero-order chi connectivity index (χ0) is 16.6. The molecule has 1 amide bonds. The van der Waals surface area contributed by atoms with Gasteiger partial charge >= 0.3 is 5.63 Å². The number of hydrogen-bond acceptors (Lipinski definition) is 4. The minimum atomic E-state index is -0.492. The Morgan fingerprint density at radius 3 is 2.57 bits per heavy atom. The van der Waals surface area contributed by atoms with E-state index in [4.69, 9.17) is 4.42 Å². The SMILES string of the molecule is Cc1c(CC(=O)N2CCCCC2)c(=O)oc2c(C)c(O)ccc12. The number of fused-ring (bicyclic) bond motifs is 1. The molecule has 0 unspecified atom stereocenters. The average molecular weight is 315 g/mol. The van der Waals surface area contributed by atoms with Crippen LogP contribution in [0.2, 0.25) is 0 Å². The third-order valence-electron chi connectivity index (χ3n) is 4.71. The van der Waals surface area contributed by atoms with Gasteiger partial charge in [-0.15, -0.1) is 0 Å². The van der Waals surface area contributed by atoms with Crippen LogP contribution < -0.4 is 5.63 Å². The number of rotatable bonds is 2. The van der Waals surface area contributed by atoms with E-state index in [1.54, 1.807) is 19.1 Å². The van der Waals surface area contributed by atoms with Crippen molar-refractivity contribution in [3.8, 4) is 5.75 Å². The predicted molar refractivity (Wildman–Crippen MR) is 87.8 cm³/mol. The van der Waals surface area contributed by atoms with E-state index < -0.39 is 5.63 Å². The van der Waals surface area contributed by atoms with Gasteiger partial charge in [-0.05, 0) is 50.8 Å². The maximum atomic E-state index is 12.4. The van der Waals surface area contributed by atoms with Crippen molar-refractivity contribution in [2.45, 2.75) is 39.5 Å². The lowest BCUT2D eigenvalue weighted by atomic mass is 10.0. The summed E-state index contributed by atoms with van der Waals surface area (Å²) in [6, 6.07) is 3.31. The Labute approximate surface area is 134 Å². The molecule has 1 fully saturated rings. The van der Waals surface area contributed by atoms with Crippen LogP contribution in [0.15, 0.2) is 21.3 Å². The van der Waals surface area contributed by atoms with E-state index in [0.29, 0.717) is 16.7 Å². The number of amides is 1. The van der Waals surface area contributed by atoms with Crippen molar-refractivity contribution in [1.82, 2.24) is 4.90 Å². The number of aryl methyl sites for hydroxylation is 2. The molecular weight excluding hydrogens is 294 g/mol. The Bertz CT molecular complexity index is 816. The van der Waals surface area contributed by atoms with Crippen molar-refractivity contribution in [3.63, 3.8) is 0 Å². The standard InChI is InChI=1S/C18H21NO4/c1-11-13-6-7-15(20)12(2)17(13)23-18(22)14(11)10-16(21)19-8-4-3-5-9-19/h6-7,20H,3-5,8-10H2,1-2H3. The molecule has 1 N–H and O–H groups in total. The molecule has 2 heterocycles. The van der Waals surface area contributed by atoms with E-state index in [2.05, 4.69) is 0 Å². The van der Waals surface area contributed by atoms with Gasteiger partial charge in [0, 0.05) is 24.0 Å². The van der Waals surface area contributed by atoms with Crippen LogP contribution in [0.4, 0.5) is 0 Å². The first-order valence-electron chi connectivity index (χ1n) is 8.01. The van der Waals surface area contributed by atoms with Crippen molar-refractivity contribution in [3.05, 3.63) is 39.2 Å². The van der Waals surface area contributed by atoms with E-state index in [1.165, 1.54) is 0 Å². The highest BCUT2D eigenvalue weighted by Crippen LogP contribution is 2.28. The number of nitrogens with zero attached hydrogens (tertiary/aromatic N) is 1. The van der Waals surface area contributed by atoms with E-state index in [9.17, 15) is 14.7 Å². The Morgan fingerprint density at radius 1 is 1.17 bits per heavy atom. The van der Waals surface area contributed by atoms with E-state index >= 15 is 0 Å². The van der Waals surface area contributed by atoms with Crippen molar-refractivity contribution in [2.75, 3.05) is 13.1 Å². The molecule has 1 aromatic carbocycles. The number of aromatic hydroxyl groups is 1. The number of carbonyl (C=O) groups excluding carboxylic acids is 1. The van der Waals surface area contributed by atoms with Gasteiger partial charge < -0.3 is 14.4 Å². The van der Waals surface area contributed by atoms with Crippen molar-refractivity contribution in [1.29, 1.82) is 0 Å². The molecule has 5 heteroatoms. The summed E-state index contributed by atoms with van der Waals surface area (Å²) in [5, 5.41) is 10.5. The van der Waals surface area contributed by atoms with Gasteiger partial charge in [0.1, 0.15) is 11.3 Å². The van der Waals surface area contributed by atoms with Gasteiger partial charge in [0.05, 0.1) is 12.0 Å². The summed E-state index contributed by atoms with van der Waals surface area (Å²) in [5.41, 5.74) is 1.61. The first-order valence-corrected chi connectivity index (χ1v) is 8.01. The van der Waals surface area contributed by atoms with Crippen LogP contribution in [0.3, 0.4) is 0 Å². The van der Waals surface area contributed by atoms with Gasteiger partial charge in [-0.1, -0.05) is 0 Å². The smallest absolute Gasteiger partial charge is 0.340 e. The lowest BCUT2D eigenvalue weighted by molar-refractivity contribution is -0.131. The fourth-order valence-corrected chi connectivity index (χ4v) is 3.19. The summed E-state index contributed by atoms with van der Waals surface area (Å²) < 4.78 is 5.39. The van der Waals surface area contributed by atoms with Crippen LogP contribution in [-0.2, 0) is 11.2 Å². The summed E-state index contributed by atoms with van der Waals surface area (Å²) >= 11 is 0. The normalized spacial score (nSPS) is 15.1. The van der Waals surface area contributed by atoms with Crippen LogP contribution in [0, 0.1) is 13.8 Å². The molecule has 0 aliphatic carbocycles. The molecular formula is C18H21NO4. The van der Waals surface area contributed by atoms with Crippen LogP contribution in [-0.4, -0.2) is 29.0 Å². The van der Waals surface area contributed by atoms with Crippen molar-refractivity contribution in [2.24, 2.45) is 0 Å².